The van der Waals surface area contributed by atoms with Crippen LogP contribution in [0.4, 0.5) is 5.82 Å². The third kappa shape index (κ3) is 3.29. The van der Waals surface area contributed by atoms with Crippen LogP contribution in [0.1, 0.15) is 45.1 Å². The zero-order valence-corrected chi connectivity index (χ0v) is 11.8. The molecule has 0 atom stereocenters. The molecule has 0 spiro atoms. The molecule has 1 fully saturated rings. The third-order valence-electron chi connectivity index (χ3n) is 3.87. The number of nitrogens with zero attached hydrogens (tertiary/aromatic N) is 3. The van der Waals surface area contributed by atoms with Gasteiger partial charge in [0.25, 0.3) is 0 Å². The lowest BCUT2D eigenvalue weighted by Crippen LogP contribution is -2.45. The number of likely N-dealkylation sites (tertiary alicyclic amines) is 1. The SMILES string of the molecule is CC(C)(C)N1CCC(c2ccc([N+](=O)[O-])nc2)CC1. The Labute approximate surface area is 113 Å². The minimum Gasteiger partial charge on any atom is -0.358 e. The Morgan fingerprint density at radius 3 is 2.37 bits per heavy atom. The largest absolute Gasteiger partial charge is 0.363 e. The van der Waals surface area contributed by atoms with Gasteiger partial charge in [0.15, 0.2) is 0 Å². The quantitative estimate of drug-likeness (QED) is 0.608. The molecule has 1 aliphatic heterocycles. The first-order valence-corrected chi connectivity index (χ1v) is 6.73. The van der Waals surface area contributed by atoms with E-state index in [2.05, 4.69) is 30.7 Å². The Bertz CT molecular complexity index is 443. The molecule has 2 heterocycles. The summed E-state index contributed by atoms with van der Waals surface area (Å²) in [7, 11) is 0. The average molecular weight is 263 g/mol. The van der Waals surface area contributed by atoms with Crippen LogP contribution in [0.3, 0.4) is 0 Å². The van der Waals surface area contributed by atoms with E-state index in [0.717, 1.165) is 31.5 Å². The summed E-state index contributed by atoms with van der Waals surface area (Å²) in [4.78, 5) is 16.5. The van der Waals surface area contributed by atoms with E-state index in [9.17, 15) is 10.1 Å². The maximum absolute atomic E-state index is 10.6. The summed E-state index contributed by atoms with van der Waals surface area (Å²) in [6.45, 7) is 8.86. The summed E-state index contributed by atoms with van der Waals surface area (Å²) >= 11 is 0. The molecule has 0 saturated carbocycles. The molecule has 1 aromatic rings. The van der Waals surface area contributed by atoms with Gasteiger partial charge in [0.1, 0.15) is 6.20 Å². The number of rotatable bonds is 2. The van der Waals surface area contributed by atoms with Crippen molar-refractivity contribution in [2.75, 3.05) is 13.1 Å². The maximum Gasteiger partial charge on any atom is 0.363 e. The zero-order valence-electron chi connectivity index (χ0n) is 11.8. The molecule has 1 aliphatic rings. The van der Waals surface area contributed by atoms with Crippen LogP contribution in [-0.4, -0.2) is 33.4 Å². The standard InChI is InChI=1S/C14H21N3O2/c1-14(2,3)16-8-6-11(7-9-16)12-4-5-13(15-10-12)17(18)19/h4-5,10-11H,6-9H2,1-3H3. The number of pyridine rings is 1. The van der Waals surface area contributed by atoms with Gasteiger partial charge in [0, 0.05) is 11.6 Å². The molecule has 0 N–H and O–H groups in total. The van der Waals surface area contributed by atoms with Gasteiger partial charge in [-0.15, -0.1) is 0 Å². The number of nitro groups is 1. The van der Waals surface area contributed by atoms with Crippen LogP contribution < -0.4 is 0 Å². The molecule has 5 nitrogen and oxygen atoms in total. The second-order valence-corrected chi connectivity index (χ2v) is 6.14. The normalized spacial score (nSPS) is 18.5. The van der Waals surface area contributed by atoms with E-state index in [-0.39, 0.29) is 11.4 Å². The molecule has 5 heteroatoms. The van der Waals surface area contributed by atoms with Crippen LogP contribution in [-0.2, 0) is 0 Å². The van der Waals surface area contributed by atoms with E-state index >= 15 is 0 Å². The first-order chi connectivity index (χ1) is 8.88. The molecule has 19 heavy (non-hydrogen) atoms. The summed E-state index contributed by atoms with van der Waals surface area (Å²) in [5.74, 6) is 0.405. The highest BCUT2D eigenvalue weighted by Crippen LogP contribution is 2.31. The Morgan fingerprint density at radius 2 is 1.95 bits per heavy atom. The number of hydrogen-bond acceptors (Lipinski definition) is 4. The van der Waals surface area contributed by atoms with Crippen LogP contribution in [0.2, 0.25) is 0 Å². The Hall–Kier alpha value is -1.49. The first kappa shape index (κ1) is 13.9. The fraction of sp³-hybridized carbons (Fsp3) is 0.643. The van der Waals surface area contributed by atoms with Gasteiger partial charge in [-0.05, 0) is 74.2 Å². The molecule has 0 radical (unpaired) electrons. The summed E-state index contributed by atoms with van der Waals surface area (Å²) < 4.78 is 0. The van der Waals surface area contributed by atoms with Crippen LogP contribution in [0.5, 0.6) is 0 Å². The Balaban J connectivity index is 2.00. The van der Waals surface area contributed by atoms with E-state index < -0.39 is 4.92 Å². The second kappa shape index (κ2) is 5.25. The molecule has 104 valence electrons. The lowest BCUT2D eigenvalue weighted by atomic mass is 9.88. The lowest BCUT2D eigenvalue weighted by Gasteiger charge is -2.40. The predicted octanol–water partition coefficient (Wildman–Crippen LogP) is 2.97. The van der Waals surface area contributed by atoms with Gasteiger partial charge >= 0.3 is 5.82 Å². The average Bonchev–Trinajstić information content (AvgIpc) is 2.38. The lowest BCUT2D eigenvalue weighted by molar-refractivity contribution is -0.389. The molecule has 0 unspecified atom stereocenters. The molecular formula is C14H21N3O2. The molecule has 0 aromatic carbocycles. The van der Waals surface area contributed by atoms with Gasteiger partial charge in [-0.3, -0.25) is 4.90 Å². The van der Waals surface area contributed by atoms with Crippen molar-refractivity contribution in [1.82, 2.24) is 9.88 Å². The highest BCUT2D eigenvalue weighted by Gasteiger charge is 2.28. The van der Waals surface area contributed by atoms with E-state index in [1.54, 1.807) is 6.20 Å². The molecule has 2 rings (SSSR count). The van der Waals surface area contributed by atoms with Gasteiger partial charge < -0.3 is 10.1 Å². The number of piperidine rings is 1. The summed E-state index contributed by atoms with van der Waals surface area (Å²) in [6.07, 6.45) is 3.85. The minimum atomic E-state index is -0.452. The van der Waals surface area contributed by atoms with E-state index in [1.807, 2.05) is 6.07 Å². The van der Waals surface area contributed by atoms with Crippen molar-refractivity contribution in [3.63, 3.8) is 0 Å². The van der Waals surface area contributed by atoms with Crippen LogP contribution >= 0.6 is 0 Å². The van der Waals surface area contributed by atoms with Crippen LogP contribution in [0, 0.1) is 10.1 Å². The topological polar surface area (TPSA) is 59.3 Å². The fourth-order valence-electron chi connectivity index (χ4n) is 2.63. The van der Waals surface area contributed by atoms with Crippen molar-refractivity contribution in [2.45, 2.75) is 45.1 Å². The summed E-state index contributed by atoms with van der Waals surface area (Å²) in [5.41, 5.74) is 1.35. The van der Waals surface area contributed by atoms with Crippen molar-refractivity contribution in [3.8, 4) is 0 Å². The molecular weight excluding hydrogens is 242 g/mol. The highest BCUT2D eigenvalue weighted by molar-refractivity contribution is 5.25. The van der Waals surface area contributed by atoms with Gasteiger partial charge in [0.05, 0.1) is 0 Å². The van der Waals surface area contributed by atoms with Crippen LogP contribution in [0.25, 0.3) is 0 Å². The van der Waals surface area contributed by atoms with Gasteiger partial charge in [-0.1, -0.05) is 0 Å². The van der Waals surface area contributed by atoms with E-state index in [4.69, 9.17) is 0 Å². The second-order valence-electron chi connectivity index (χ2n) is 6.14. The van der Waals surface area contributed by atoms with Gasteiger partial charge in [-0.2, -0.15) is 0 Å². The number of hydrogen-bond donors (Lipinski definition) is 0. The summed E-state index contributed by atoms with van der Waals surface area (Å²) in [5, 5.41) is 10.6. The van der Waals surface area contributed by atoms with Crippen molar-refractivity contribution >= 4 is 5.82 Å². The van der Waals surface area contributed by atoms with E-state index in [0.29, 0.717) is 5.92 Å². The van der Waals surface area contributed by atoms with Crippen molar-refractivity contribution < 1.29 is 4.92 Å². The third-order valence-corrected chi connectivity index (χ3v) is 3.87. The van der Waals surface area contributed by atoms with Gasteiger partial charge in [0.2, 0.25) is 0 Å². The Morgan fingerprint density at radius 1 is 1.32 bits per heavy atom. The zero-order chi connectivity index (χ0) is 14.0. The van der Waals surface area contributed by atoms with Gasteiger partial charge in [-0.25, -0.2) is 0 Å². The van der Waals surface area contributed by atoms with E-state index in [1.165, 1.54) is 6.07 Å². The number of aromatic nitrogens is 1. The smallest absolute Gasteiger partial charge is 0.358 e. The molecule has 1 saturated heterocycles. The highest BCUT2D eigenvalue weighted by atomic mass is 16.6. The molecule has 0 bridgehead atoms. The van der Waals surface area contributed by atoms with Crippen molar-refractivity contribution in [2.24, 2.45) is 0 Å². The van der Waals surface area contributed by atoms with Crippen molar-refractivity contribution in [1.29, 1.82) is 0 Å². The van der Waals surface area contributed by atoms with Crippen LogP contribution in [0.15, 0.2) is 18.3 Å². The monoisotopic (exact) mass is 263 g/mol. The molecule has 1 aromatic heterocycles. The molecule has 0 aliphatic carbocycles. The Kier molecular flexibility index (Phi) is 3.85. The first-order valence-electron chi connectivity index (χ1n) is 6.73. The van der Waals surface area contributed by atoms with Crippen molar-refractivity contribution in [3.05, 3.63) is 34.0 Å². The fourth-order valence-corrected chi connectivity index (χ4v) is 2.63. The molecule has 0 amide bonds. The summed E-state index contributed by atoms with van der Waals surface area (Å²) in [6, 6.07) is 3.36. The maximum atomic E-state index is 10.6. The minimum absolute atomic E-state index is 0.0733. The predicted molar refractivity (Wildman–Crippen MR) is 74.2 cm³/mol.